The zero-order chi connectivity index (χ0) is 9.68. The maximum atomic E-state index is 3.55. The Morgan fingerprint density at radius 2 is 2.23 bits per heavy atom. The first-order valence-corrected chi connectivity index (χ1v) is 5.62. The maximum absolute atomic E-state index is 3.55. The second-order valence-corrected chi connectivity index (χ2v) is 4.83. The van der Waals surface area contributed by atoms with Crippen molar-refractivity contribution in [3.8, 4) is 0 Å². The van der Waals surface area contributed by atoms with Gasteiger partial charge in [0.25, 0.3) is 0 Å². The molecule has 1 saturated heterocycles. The van der Waals surface area contributed by atoms with Crippen LogP contribution in [0.4, 0.5) is 0 Å². The van der Waals surface area contributed by atoms with Crippen molar-refractivity contribution in [2.45, 2.75) is 39.7 Å². The second kappa shape index (κ2) is 5.61. The summed E-state index contributed by atoms with van der Waals surface area (Å²) in [7, 11) is 0. The molecule has 2 atom stereocenters. The molecule has 1 aliphatic rings. The largest absolute Gasteiger partial charge is 0.316 e. The van der Waals surface area contributed by atoms with Gasteiger partial charge >= 0.3 is 0 Å². The van der Waals surface area contributed by atoms with Gasteiger partial charge in [-0.2, -0.15) is 0 Å². The van der Waals surface area contributed by atoms with Gasteiger partial charge in [0.05, 0.1) is 0 Å². The number of hydrogen-bond donors (Lipinski definition) is 2. The van der Waals surface area contributed by atoms with Crippen molar-refractivity contribution in [3.05, 3.63) is 0 Å². The molecule has 1 rings (SSSR count). The first kappa shape index (κ1) is 11.0. The standard InChI is InChI=1S/C11H24N2/c1-9(2)7-12-5-4-11-6-10(3)8-13-11/h9-13H,4-8H2,1-3H3. The molecule has 2 N–H and O–H groups in total. The number of rotatable bonds is 5. The summed E-state index contributed by atoms with van der Waals surface area (Å²) in [6, 6.07) is 0.773. The molecule has 0 amide bonds. The Morgan fingerprint density at radius 3 is 2.77 bits per heavy atom. The molecular formula is C11H24N2. The highest BCUT2D eigenvalue weighted by atomic mass is 15.0. The molecule has 0 bridgehead atoms. The third kappa shape index (κ3) is 4.63. The molecular weight excluding hydrogens is 160 g/mol. The van der Waals surface area contributed by atoms with Crippen molar-refractivity contribution in [2.75, 3.05) is 19.6 Å². The fourth-order valence-corrected chi connectivity index (χ4v) is 1.91. The van der Waals surface area contributed by atoms with E-state index in [-0.39, 0.29) is 0 Å². The first-order valence-electron chi connectivity index (χ1n) is 5.62. The third-order valence-corrected chi connectivity index (χ3v) is 2.66. The van der Waals surface area contributed by atoms with Gasteiger partial charge in [0.1, 0.15) is 0 Å². The lowest BCUT2D eigenvalue weighted by Crippen LogP contribution is -2.28. The van der Waals surface area contributed by atoms with Crippen molar-refractivity contribution in [2.24, 2.45) is 11.8 Å². The lowest BCUT2D eigenvalue weighted by Gasteiger charge is -2.11. The van der Waals surface area contributed by atoms with Gasteiger partial charge in [-0.25, -0.2) is 0 Å². The highest BCUT2D eigenvalue weighted by molar-refractivity contribution is 4.79. The van der Waals surface area contributed by atoms with Gasteiger partial charge in [-0.15, -0.1) is 0 Å². The zero-order valence-corrected chi connectivity index (χ0v) is 9.27. The molecule has 2 heteroatoms. The minimum absolute atomic E-state index is 0.773. The molecule has 0 aliphatic carbocycles. The monoisotopic (exact) mass is 184 g/mol. The van der Waals surface area contributed by atoms with E-state index in [0.29, 0.717) is 0 Å². The molecule has 0 aromatic rings. The summed E-state index contributed by atoms with van der Waals surface area (Å²) < 4.78 is 0. The summed E-state index contributed by atoms with van der Waals surface area (Å²) in [5, 5.41) is 7.04. The lowest BCUT2D eigenvalue weighted by atomic mass is 10.1. The van der Waals surface area contributed by atoms with Crippen LogP contribution in [-0.4, -0.2) is 25.7 Å². The summed E-state index contributed by atoms with van der Waals surface area (Å²) in [5.74, 6) is 1.66. The molecule has 1 aliphatic heterocycles. The Morgan fingerprint density at radius 1 is 1.46 bits per heavy atom. The predicted octanol–water partition coefficient (Wildman–Crippen LogP) is 1.62. The van der Waals surface area contributed by atoms with Crippen molar-refractivity contribution >= 4 is 0 Å². The Balaban J connectivity index is 1.94. The van der Waals surface area contributed by atoms with E-state index in [4.69, 9.17) is 0 Å². The van der Waals surface area contributed by atoms with Gasteiger partial charge in [-0.3, -0.25) is 0 Å². The third-order valence-electron chi connectivity index (χ3n) is 2.66. The van der Waals surface area contributed by atoms with Crippen LogP contribution in [0.2, 0.25) is 0 Å². The predicted molar refractivity (Wildman–Crippen MR) is 57.9 cm³/mol. The van der Waals surface area contributed by atoms with Crippen LogP contribution < -0.4 is 10.6 Å². The average molecular weight is 184 g/mol. The maximum Gasteiger partial charge on any atom is 0.00822 e. The molecule has 1 fully saturated rings. The fourth-order valence-electron chi connectivity index (χ4n) is 1.91. The Labute approximate surface area is 82.5 Å². The van der Waals surface area contributed by atoms with Crippen LogP contribution in [0.5, 0.6) is 0 Å². The van der Waals surface area contributed by atoms with Crippen LogP contribution in [0.3, 0.4) is 0 Å². The minimum atomic E-state index is 0.773. The van der Waals surface area contributed by atoms with E-state index < -0.39 is 0 Å². The van der Waals surface area contributed by atoms with Gasteiger partial charge in [0.2, 0.25) is 0 Å². The molecule has 0 radical (unpaired) electrons. The molecule has 13 heavy (non-hydrogen) atoms. The normalized spacial score (nSPS) is 28.6. The summed E-state index contributed by atoms with van der Waals surface area (Å²) in [5.41, 5.74) is 0. The molecule has 0 aromatic heterocycles. The summed E-state index contributed by atoms with van der Waals surface area (Å²) in [4.78, 5) is 0. The smallest absolute Gasteiger partial charge is 0.00822 e. The van der Waals surface area contributed by atoms with Gasteiger partial charge in [-0.1, -0.05) is 20.8 Å². The number of hydrogen-bond acceptors (Lipinski definition) is 2. The van der Waals surface area contributed by atoms with Crippen molar-refractivity contribution < 1.29 is 0 Å². The summed E-state index contributed by atoms with van der Waals surface area (Å²) in [6.07, 6.45) is 2.65. The topological polar surface area (TPSA) is 24.1 Å². The summed E-state index contributed by atoms with van der Waals surface area (Å²) in [6.45, 7) is 10.4. The molecule has 1 heterocycles. The Bertz CT molecular complexity index is 134. The van der Waals surface area contributed by atoms with E-state index >= 15 is 0 Å². The lowest BCUT2D eigenvalue weighted by molar-refractivity contribution is 0.487. The van der Waals surface area contributed by atoms with E-state index in [1.807, 2.05) is 0 Å². The molecule has 0 aromatic carbocycles. The average Bonchev–Trinajstić information content (AvgIpc) is 2.45. The van der Waals surface area contributed by atoms with Crippen LogP contribution in [-0.2, 0) is 0 Å². The van der Waals surface area contributed by atoms with Gasteiger partial charge in [0, 0.05) is 6.04 Å². The second-order valence-electron chi connectivity index (χ2n) is 4.83. The minimum Gasteiger partial charge on any atom is -0.316 e. The van der Waals surface area contributed by atoms with Crippen LogP contribution in [0.15, 0.2) is 0 Å². The first-order chi connectivity index (χ1) is 6.18. The van der Waals surface area contributed by atoms with Crippen molar-refractivity contribution in [3.63, 3.8) is 0 Å². The van der Waals surface area contributed by atoms with Gasteiger partial charge in [0.15, 0.2) is 0 Å². The summed E-state index contributed by atoms with van der Waals surface area (Å²) >= 11 is 0. The van der Waals surface area contributed by atoms with Crippen molar-refractivity contribution in [1.82, 2.24) is 10.6 Å². The van der Waals surface area contributed by atoms with Crippen LogP contribution in [0, 0.1) is 11.8 Å². The molecule has 78 valence electrons. The van der Waals surface area contributed by atoms with Crippen molar-refractivity contribution in [1.29, 1.82) is 0 Å². The van der Waals surface area contributed by atoms with E-state index in [1.54, 1.807) is 0 Å². The van der Waals surface area contributed by atoms with E-state index in [0.717, 1.165) is 24.4 Å². The molecule has 0 spiro atoms. The zero-order valence-electron chi connectivity index (χ0n) is 9.27. The van der Waals surface area contributed by atoms with E-state index in [1.165, 1.54) is 25.9 Å². The Kier molecular flexibility index (Phi) is 4.74. The van der Waals surface area contributed by atoms with E-state index in [2.05, 4.69) is 31.4 Å². The number of nitrogens with one attached hydrogen (secondary N) is 2. The highest BCUT2D eigenvalue weighted by Crippen LogP contribution is 2.14. The fraction of sp³-hybridized carbons (Fsp3) is 1.00. The highest BCUT2D eigenvalue weighted by Gasteiger charge is 2.19. The van der Waals surface area contributed by atoms with E-state index in [9.17, 15) is 0 Å². The van der Waals surface area contributed by atoms with Gasteiger partial charge in [-0.05, 0) is 44.3 Å². The Hall–Kier alpha value is -0.0800. The van der Waals surface area contributed by atoms with Crippen LogP contribution in [0.25, 0.3) is 0 Å². The molecule has 0 saturated carbocycles. The molecule has 2 nitrogen and oxygen atoms in total. The molecule has 2 unspecified atom stereocenters. The quantitative estimate of drug-likeness (QED) is 0.634. The van der Waals surface area contributed by atoms with Gasteiger partial charge < -0.3 is 10.6 Å². The SMILES string of the molecule is CC(C)CNCCC1CC(C)CN1. The van der Waals surface area contributed by atoms with Crippen LogP contribution >= 0.6 is 0 Å². The van der Waals surface area contributed by atoms with Crippen LogP contribution in [0.1, 0.15) is 33.6 Å².